The van der Waals surface area contributed by atoms with Crippen molar-refractivity contribution in [2.75, 3.05) is 19.7 Å². The fourth-order valence-electron chi connectivity index (χ4n) is 2.70. The minimum Gasteiger partial charge on any atom is -0.366 e. The van der Waals surface area contributed by atoms with Gasteiger partial charge < -0.3 is 14.6 Å². The van der Waals surface area contributed by atoms with Crippen LogP contribution < -0.4 is 5.56 Å². The van der Waals surface area contributed by atoms with Gasteiger partial charge in [-0.25, -0.2) is 4.98 Å². The van der Waals surface area contributed by atoms with Gasteiger partial charge in [0.1, 0.15) is 17.5 Å². The number of carbonyl (C=O) groups excluding carboxylic acids is 1. The van der Waals surface area contributed by atoms with E-state index in [1.165, 1.54) is 0 Å². The van der Waals surface area contributed by atoms with Crippen molar-refractivity contribution >= 4 is 5.91 Å². The number of morpholine rings is 1. The van der Waals surface area contributed by atoms with Crippen LogP contribution in [0, 0.1) is 6.92 Å². The van der Waals surface area contributed by atoms with Crippen LogP contribution in [0.4, 0.5) is 0 Å². The smallest absolute Gasteiger partial charge is 0.260 e. The van der Waals surface area contributed by atoms with Crippen molar-refractivity contribution in [1.29, 1.82) is 0 Å². The van der Waals surface area contributed by atoms with Crippen LogP contribution in [-0.2, 0) is 11.2 Å². The molecule has 0 unspecified atom stereocenters. The lowest BCUT2D eigenvalue weighted by Gasteiger charge is -2.31. The minimum atomic E-state index is -0.380. The molecule has 3 heterocycles. The number of aryl methyl sites for hydroxylation is 2. The van der Waals surface area contributed by atoms with Crippen LogP contribution in [0.3, 0.4) is 0 Å². The molecule has 0 aliphatic carbocycles. The van der Waals surface area contributed by atoms with Crippen LogP contribution in [0.1, 0.15) is 47.1 Å². The van der Waals surface area contributed by atoms with Gasteiger partial charge in [-0.2, -0.15) is 5.10 Å². The van der Waals surface area contributed by atoms with Crippen molar-refractivity contribution in [2.24, 2.45) is 0 Å². The summed E-state index contributed by atoms with van der Waals surface area (Å²) >= 11 is 0. The second-order valence-electron chi connectivity index (χ2n) is 5.89. The molecular weight excluding hydrogens is 310 g/mol. The first-order chi connectivity index (χ1) is 11.6. The monoisotopic (exact) mass is 331 g/mol. The zero-order valence-electron chi connectivity index (χ0n) is 13.8. The Morgan fingerprint density at radius 3 is 3.04 bits per heavy atom. The van der Waals surface area contributed by atoms with Crippen LogP contribution >= 0.6 is 0 Å². The molecule has 128 valence electrons. The minimum absolute atomic E-state index is 0.142. The normalized spacial score (nSPS) is 17.9. The van der Waals surface area contributed by atoms with Crippen molar-refractivity contribution in [1.82, 2.24) is 25.1 Å². The molecule has 0 bridgehead atoms. The van der Waals surface area contributed by atoms with Gasteiger partial charge in [0.05, 0.1) is 13.2 Å². The molecule has 0 radical (unpaired) electrons. The predicted molar refractivity (Wildman–Crippen MR) is 86.8 cm³/mol. The lowest BCUT2D eigenvalue weighted by atomic mass is 10.2. The summed E-state index contributed by atoms with van der Waals surface area (Å²) in [4.78, 5) is 33.3. The van der Waals surface area contributed by atoms with E-state index in [1.54, 1.807) is 24.0 Å². The topological polar surface area (TPSA) is 104 Å². The molecule has 24 heavy (non-hydrogen) atoms. The van der Waals surface area contributed by atoms with Crippen molar-refractivity contribution in [3.05, 3.63) is 45.4 Å². The maximum atomic E-state index is 12.6. The highest BCUT2D eigenvalue weighted by molar-refractivity contribution is 5.93. The summed E-state index contributed by atoms with van der Waals surface area (Å²) in [5, 5.41) is 7.08. The van der Waals surface area contributed by atoms with Crippen LogP contribution in [0.5, 0.6) is 0 Å². The molecule has 1 aliphatic rings. The summed E-state index contributed by atoms with van der Waals surface area (Å²) in [6.07, 6.45) is 1.41. The Labute approximate surface area is 139 Å². The first kappa shape index (κ1) is 16.4. The summed E-state index contributed by atoms with van der Waals surface area (Å²) in [6, 6.07) is 3.28. The number of hydrogen-bond acceptors (Lipinski definition) is 5. The number of nitrogens with one attached hydrogen (secondary N) is 2. The van der Waals surface area contributed by atoms with Crippen molar-refractivity contribution in [3.8, 4) is 0 Å². The molecule has 1 aliphatic heterocycles. The molecule has 3 rings (SSSR count). The third-order valence-corrected chi connectivity index (χ3v) is 3.96. The van der Waals surface area contributed by atoms with E-state index >= 15 is 0 Å². The molecule has 2 N–H and O–H groups in total. The molecule has 8 nitrogen and oxygen atoms in total. The Kier molecular flexibility index (Phi) is 4.75. The Balaban J connectivity index is 1.74. The molecule has 0 aromatic carbocycles. The Bertz CT molecular complexity index is 782. The summed E-state index contributed by atoms with van der Waals surface area (Å²) in [5.41, 5.74) is 0.495. The average Bonchev–Trinajstić information content (AvgIpc) is 3.03. The lowest BCUT2D eigenvalue weighted by molar-refractivity contribution is -0.0267. The van der Waals surface area contributed by atoms with Gasteiger partial charge in [0.2, 0.25) is 0 Å². The molecule has 1 fully saturated rings. The van der Waals surface area contributed by atoms with Crippen molar-refractivity contribution in [2.45, 2.75) is 32.8 Å². The van der Waals surface area contributed by atoms with Gasteiger partial charge in [-0.3, -0.25) is 14.7 Å². The van der Waals surface area contributed by atoms with Crippen LogP contribution in [-0.4, -0.2) is 50.7 Å². The Morgan fingerprint density at radius 1 is 1.46 bits per heavy atom. The number of aromatic nitrogens is 4. The van der Waals surface area contributed by atoms with E-state index in [0.29, 0.717) is 25.5 Å². The molecule has 1 saturated heterocycles. The number of amides is 1. The fourth-order valence-corrected chi connectivity index (χ4v) is 2.70. The summed E-state index contributed by atoms with van der Waals surface area (Å²) in [6.45, 7) is 5.00. The Hall–Kier alpha value is -2.48. The number of aromatic amines is 2. The van der Waals surface area contributed by atoms with Crippen molar-refractivity contribution in [3.63, 3.8) is 0 Å². The maximum absolute atomic E-state index is 12.6. The zero-order valence-corrected chi connectivity index (χ0v) is 13.8. The second kappa shape index (κ2) is 6.96. The number of ether oxygens (including phenoxy) is 1. The molecule has 0 spiro atoms. The number of carbonyl (C=O) groups is 1. The molecule has 8 heteroatoms. The van der Waals surface area contributed by atoms with Gasteiger partial charge in [0, 0.05) is 18.7 Å². The molecular formula is C16H21N5O3. The van der Waals surface area contributed by atoms with E-state index in [1.807, 2.05) is 0 Å². The number of hydrogen-bond donors (Lipinski definition) is 2. The summed E-state index contributed by atoms with van der Waals surface area (Å²) in [7, 11) is 0. The average molecular weight is 331 g/mol. The van der Waals surface area contributed by atoms with Crippen LogP contribution in [0.15, 0.2) is 16.9 Å². The summed E-state index contributed by atoms with van der Waals surface area (Å²) < 4.78 is 5.70. The van der Waals surface area contributed by atoms with Gasteiger partial charge in [-0.1, -0.05) is 6.92 Å². The van der Waals surface area contributed by atoms with Gasteiger partial charge >= 0.3 is 0 Å². The molecule has 2 aromatic rings. The van der Waals surface area contributed by atoms with Crippen molar-refractivity contribution < 1.29 is 9.53 Å². The molecule has 2 aromatic heterocycles. The highest BCUT2D eigenvalue weighted by atomic mass is 16.5. The van der Waals surface area contributed by atoms with Crippen LogP contribution in [0.2, 0.25) is 0 Å². The summed E-state index contributed by atoms with van der Waals surface area (Å²) in [5.74, 6) is 1.07. The zero-order chi connectivity index (χ0) is 17.1. The first-order valence-electron chi connectivity index (χ1n) is 8.10. The highest BCUT2D eigenvalue weighted by Gasteiger charge is 2.29. The second-order valence-corrected chi connectivity index (χ2v) is 5.89. The highest BCUT2D eigenvalue weighted by Crippen LogP contribution is 2.20. The number of pyridine rings is 1. The standard InChI is InChI=1S/C16H21N5O3/c1-3-4-13-18-14(20-19-13)12-9-21(7-8-24-12)16(23)11-6-5-10(2)17-15(11)22/h5-6,12H,3-4,7-9H2,1-2H3,(H,17,22)(H,18,19,20)/t12-/m0/s1. The molecule has 0 saturated carbocycles. The van der Waals surface area contributed by atoms with E-state index < -0.39 is 0 Å². The van der Waals surface area contributed by atoms with Gasteiger partial charge in [-0.05, 0) is 25.5 Å². The van der Waals surface area contributed by atoms with Gasteiger partial charge in [0.15, 0.2) is 5.82 Å². The van der Waals surface area contributed by atoms with E-state index in [0.717, 1.165) is 24.4 Å². The first-order valence-corrected chi connectivity index (χ1v) is 8.10. The van der Waals surface area contributed by atoms with E-state index in [4.69, 9.17) is 4.74 Å². The third-order valence-electron chi connectivity index (χ3n) is 3.96. The quantitative estimate of drug-likeness (QED) is 0.868. The van der Waals surface area contributed by atoms with Gasteiger partial charge in [0.25, 0.3) is 11.5 Å². The number of rotatable bonds is 4. The van der Waals surface area contributed by atoms with E-state index in [-0.39, 0.29) is 23.1 Å². The third kappa shape index (κ3) is 3.38. The van der Waals surface area contributed by atoms with E-state index in [2.05, 4.69) is 27.1 Å². The predicted octanol–water partition coefficient (Wildman–Crippen LogP) is 0.968. The maximum Gasteiger partial charge on any atom is 0.260 e. The lowest BCUT2D eigenvalue weighted by Crippen LogP contribution is -2.44. The van der Waals surface area contributed by atoms with Crippen LogP contribution in [0.25, 0.3) is 0 Å². The largest absolute Gasteiger partial charge is 0.366 e. The SMILES string of the molecule is CCCc1nc([C@@H]2CN(C(=O)c3ccc(C)[nH]c3=O)CCO2)n[nH]1. The molecule has 1 amide bonds. The van der Waals surface area contributed by atoms with Gasteiger partial charge in [-0.15, -0.1) is 0 Å². The number of H-pyrrole nitrogens is 2. The molecule has 1 atom stereocenters. The number of nitrogens with zero attached hydrogens (tertiary/aromatic N) is 3. The fraction of sp³-hybridized carbons (Fsp3) is 0.500. The van der Waals surface area contributed by atoms with E-state index in [9.17, 15) is 9.59 Å². The Morgan fingerprint density at radius 2 is 2.29 bits per heavy atom.